The first-order valence-corrected chi connectivity index (χ1v) is 11.1. The number of benzene rings is 1. The van der Waals surface area contributed by atoms with Crippen molar-refractivity contribution in [1.29, 1.82) is 0 Å². The fourth-order valence-electron chi connectivity index (χ4n) is 5.01. The van der Waals surface area contributed by atoms with Crippen LogP contribution < -0.4 is 11.0 Å². The number of rotatable bonds is 2. The van der Waals surface area contributed by atoms with E-state index in [1.807, 2.05) is 57.7 Å². The van der Waals surface area contributed by atoms with Crippen molar-refractivity contribution in [3.63, 3.8) is 0 Å². The zero-order valence-electron chi connectivity index (χ0n) is 18.9. The Balaban J connectivity index is 1.52. The van der Waals surface area contributed by atoms with Crippen molar-refractivity contribution < 1.29 is 14.3 Å². The highest BCUT2D eigenvalue weighted by Crippen LogP contribution is 2.37. The highest BCUT2D eigenvalue weighted by molar-refractivity contribution is 5.89. The number of nitrogens with one attached hydrogen (secondary N) is 1. The van der Waals surface area contributed by atoms with Gasteiger partial charge in [0.05, 0.1) is 11.0 Å². The highest BCUT2D eigenvalue weighted by Gasteiger charge is 2.45. The molecule has 1 N–H and O–H groups in total. The molecule has 3 atom stereocenters. The standard InChI is InChI=1S/C23H32N4O4/c1-14(2)25-18-8-6-7-9-19(18)27(21(25)29)20(28)24-15-12-16-10-11-17(13-15)26(16)22(30)31-23(3,4)5/h6-9,14-17H,10-13H2,1-5H3,(H,24,28)/t15-,16-,17+. The molecule has 2 amide bonds. The summed E-state index contributed by atoms with van der Waals surface area (Å²) in [6, 6.07) is 6.90. The number of piperidine rings is 1. The smallest absolute Gasteiger partial charge is 0.410 e. The summed E-state index contributed by atoms with van der Waals surface area (Å²) in [6.45, 7) is 9.46. The summed E-state index contributed by atoms with van der Waals surface area (Å²) in [4.78, 5) is 40.7. The fraction of sp³-hybridized carbons (Fsp3) is 0.609. The van der Waals surface area contributed by atoms with E-state index >= 15 is 0 Å². The normalized spacial score (nSPS) is 23.4. The molecule has 8 heteroatoms. The molecule has 0 radical (unpaired) electrons. The maximum Gasteiger partial charge on any atom is 0.410 e. The van der Waals surface area contributed by atoms with Gasteiger partial charge in [-0.15, -0.1) is 0 Å². The summed E-state index contributed by atoms with van der Waals surface area (Å²) in [7, 11) is 0. The third-order valence-corrected chi connectivity index (χ3v) is 6.16. The molecule has 8 nitrogen and oxygen atoms in total. The van der Waals surface area contributed by atoms with Crippen molar-refractivity contribution in [2.24, 2.45) is 0 Å². The maximum absolute atomic E-state index is 13.2. The van der Waals surface area contributed by atoms with Gasteiger partial charge in [0, 0.05) is 24.2 Å². The van der Waals surface area contributed by atoms with Gasteiger partial charge < -0.3 is 15.0 Å². The molecule has 2 saturated heterocycles. The van der Waals surface area contributed by atoms with Gasteiger partial charge in [0.2, 0.25) is 0 Å². The molecule has 168 valence electrons. The minimum Gasteiger partial charge on any atom is -0.444 e. The maximum atomic E-state index is 13.2. The molecule has 2 fully saturated rings. The van der Waals surface area contributed by atoms with Crippen LogP contribution in [0.2, 0.25) is 0 Å². The number of para-hydroxylation sites is 2. The lowest BCUT2D eigenvalue weighted by Crippen LogP contribution is -2.54. The van der Waals surface area contributed by atoms with Crippen LogP contribution in [0.1, 0.15) is 66.3 Å². The zero-order chi connectivity index (χ0) is 22.5. The van der Waals surface area contributed by atoms with E-state index in [-0.39, 0.29) is 36.0 Å². The van der Waals surface area contributed by atoms with Crippen molar-refractivity contribution >= 4 is 23.2 Å². The van der Waals surface area contributed by atoms with E-state index in [9.17, 15) is 14.4 Å². The molecule has 2 aliphatic rings. The third kappa shape index (κ3) is 3.95. The summed E-state index contributed by atoms with van der Waals surface area (Å²) >= 11 is 0. The van der Waals surface area contributed by atoms with Gasteiger partial charge in [0.25, 0.3) is 0 Å². The van der Waals surface area contributed by atoms with Crippen molar-refractivity contribution in [3.8, 4) is 0 Å². The number of amides is 2. The first kappa shape index (κ1) is 21.5. The SMILES string of the molecule is CC(C)n1c(=O)n(C(=O)N[C@@H]2C[C@H]3CC[C@@H](C2)N3C(=O)OC(C)(C)C)c2ccccc21. The summed E-state index contributed by atoms with van der Waals surface area (Å²) in [5.74, 6) is 0. The van der Waals surface area contributed by atoms with E-state index in [0.29, 0.717) is 18.4 Å². The van der Waals surface area contributed by atoms with Crippen LogP contribution in [-0.2, 0) is 4.74 Å². The topological polar surface area (TPSA) is 85.6 Å². The van der Waals surface area contributed by atoms with Gasteiger partial charge in [0.15, 0.2) is 0 Å². The zero-order valence-corrected chi connectivity index (χ0v) is 18.9. The number of nitrogens with zero attached hydrogens (tertiary/aromatic N) is 3. The number of fused-ring (bicyclic) bond motifs is 3. The Morgan fingerprint density at radius 2 is 1.65 bits per heavy atom. The van der Waals surface area contributed by atoms with Crippen LogP contribution in [0.4, 0.5) is 9.59 Å². The van der Waals surface area contributed by atoms with Gasteiger partial charge in [0.1, 0.15) is 5.60 Å². The number of hydrogen-bond donors (Lipinski definition) is 1. The van der Waals surface area contributed by atoms with Crippen molar-refractivity contribution in [2.75, 3.05) is 0 Å². The van der Waals surface area contributed by atoms with E-state index in [1.54, 1.807) is 10.6 Å². The van der Waals surface area contributed by atoms with E-state index in [4.69, 9.17) is 4.74 Å². The second-order valence-electron chi connectivity index (χ2n) is 9.96. The quantitative estimate of drug-likeness (QED) is 0.787. The molecule has 3 heterocycles. The average molecular weight is 429 g/mol. The molecule has 31 heavy (non-hydrogen) atoms. The Hall–Kier alpha value is -2.77. The molecule has 0 aliphatic carbocycles. The second-order valence-corrected chi connectivity index (χ2v) is 9.96. The molecule has 1 aromatic heterocycles. The molecule has 2 aromatic rings. The minimum absolute atomic E-state index is 0.0487. The molecule has 0 saturated carbocycles. The summed E-state index contributed by atoms with van der Waals surface area (Å²) in [6.07, 6.45) is 2.87. The van der Waals surface area contributed by atoms with Gasteiger partial charge in [-0.25, -0.2) is 19.0 Å². The lowest BCUT2D eigenvalue weighted by Gasteiger charge is -2.39. The van der Waals surface area contributed by atoms with Crippen molar-refractivity contribution in [3.05, 3.63) is 34.7 Å². The number of imidazole rings is 1. The van der Waals surface area contributed by atoms with Gasteiger partial charge in [-0.3, -0.25) is 4.57 Å². The van der Waals surface area contributed by atoms with Gasteiger partial charge in [-0.1, -0.05) is 12.1 Å². The van der Waals surface area contributed by atoms with Crippen LogP contribution in [0.15, 0.2) is 29.1 Å². The first-order chi connectivity index (χ1) is 14.6. The Labute approximate surface area is 182 Å². The third-order valence-electron chi connectivity index (χ3n) is 6.16. The van der Waals surface area contributed by atoms with Gasteiger partial charge in [-0.05, 0) is 72.4 Å². The first-order valence-electron chi connectivity index (χ1n) is 11.1. The van der Waals surface area contributed by atoms with Crippen LogP contribution in [-0.4, -0.2) is 49.9 Å². The predicted octanol–water partition coefficient (Wildman–Crippen LogP) is 3.87. The summed E-state index contributed by atoms with van der Waals surface area (Å²) < 4.78 is 8.46. The molecule has 1 aromatic carbocycles. The minimum atomic E-state index is -0.534. The Morgan fingerprint density at radius 1 is 1.06 bits per heavy atom. The Morgan fingerprint density at radius 3 is 2.19 bits per heavy atom. The summed E-state index contributed by atoms with van der Waals surface area (Å²) in [5, 5.41) is 3.06. The van der Waals surface area contributed by atoms with Gasteiger partial charge in [-0.2, -0.15) is 0 Å². The fourth-order valence-corrected chi connectivity index (χ4v) is 5.01. The van der Waals surface area contributed by atoms with E-state index in [2.05, 4.69) is 5.32 Å². The van der Waals surface area contributed by atoms with Crippen molar-refractivity contribution in [1.82, 2.24) is 19.4 Å². The largest absolute Gasteiger partial charge is 0.444 e. The van der Waals surface area contributed by atoms with Crippen LogP contribution >= 0.6 is 0 Å². The molecular weight excluding hydrogens is 396 g/mol. The number of carbonyl (C=O) groups is 2. The van der Waals surface area contributed by atoms with Crippen LogP contribution in [0.5, 0.6) is 0 Å². The monoisotopic (exact) mass is 428 g/mol. The lowest BCUT2D eigenvalue weighted by atomic mass is 9.98. The van der Waals surface area contributed by atoms with E-state index in [1.165, 1.54) is 4.57 Å². The van der Waals surface area contributed by atoms with Crippen LogP contribution in [0, 0.1) is 0 Å². The number of hydrogen-bond acceptors (Lipinski definition) is 4. The van der Waals surface area contributed by atoms with E-state index < -0.39 is 11.6 Å². The molecule has 0 unspecified atom stereocenters. The molecule has 2 aliphatic heterocycles. The molecular formula is C23H32N4O4. The Bertz CT molecular complexity index is 1050. The average Bonchev–Trinajstić information content (AvgIpc) is 3.10. The second kappa shape index (κ2) is 7.73. The molecule has 2 bridgehead atoms. The number of aromatic nitrogens is 2. The van der Waals surface area contributed by atoms with Crippen LogP contribution in [0.3, 0.4) is 0 Å². The van der Waals surface area contributed by atoms with E-state index in [0.717, 1.165) is 18.4 Å². The highest BCUT2D eigenvalue weighted by atomic mass is 16.6. The summed E-state index contributed by atoms with van der Waals surface area (Å²) in [5.41, 5.74) is 0.487. The molecule has 4 rings (SSSR count). The van der Waals surface area contributed by atoms with Crippen molar-refractivity contribution in [2.45, 2.75) is 90.1 Å². The van der Waals surface area contributed by atoms with Gasteiger partial charge >= 0.3 is 17.8 Å². The lowest BCUT2D eigenvalue weighted by molar-refractivity contribution is 0.00527. The number of carbonyl (C=O) groups excluding carboxylic acids is 2. The van der Waals surface area contributed by atoms with Crippen LogP contribution in [0.25, 0.3) is 11.0 Å². The predicted molar refractivity (Wildman–Crippen MR) is 118 cm³/mol. The number of ether oxygens (including phenoxy) is 1. The Kier molecular flexibility index (Phi) is 5.35. The molecule has 0 spiro atoms.